The van der Waals surface area contributed by atoms with E-state index in [1.165, 1.54) is 29.9 Å². The predicted molar refractivity (Wildman–Crippen MR) is 87.8 cm³/mol. The van der Waals surface area contributed by atoms with E-state index in [1.807, 2.05) is 0 Å². The van der Waals surface area contributed by atoms with E-state index in [-0.39, 0.29) is 5.41 Å². The van der Waals surface area contributed by atoms with Crippen LogP contribution in [0, 0.1) is 5.92 Å². The van der Waals surface area contributed by atoms with Crippen molar-refractivity contribution >= 4 is 0 Å². The van der Waals surface area contributed by atoms with E-state index >= 15 is 0 Å². The summed E-state index contributed by atoms with van der Waals surface area (Å²) in [5.74, 6) is 1.49. The van der Waals surface area contributed by atoms with Crippen molar-refractivity contribution in [3.63, 3.8) is 0 Å². The van der Waals surface area contributed by atoms with Gasteiger partial charge < -0.3 is 0 Å². The maximum Gasteiger partial charge on any atom is 0.0208 e. The van der Waals surface area contributed by atoms with Crippen LogP contribution < -0.4 is 0 Å². The van der Waals surface area contributed by atoms with Gasteiger partial charge in [-0.3, -0.25) is 0 Å². The van der Waals surface area contributed by atoms with Crippen LogP contribution in [0.15, 0.2) is 60.7 Å². The Labute approximate surface area is 123 Å². The van der Waals surface area contributed by atoms with Gasteiger partial charge in [-0.2, -0.15) is 0 Å². The molecule has 0 saturated carbocycles. The lowest BCUT2D eigenvalue weighted by Crippen LogP contribution is -2.29. The highest BCUT2D eigenvalue weighted by atomic mass is 14.4. The Balaban J connectivity index is 2.56. The molecule has 0 fully saturated rings. The molecule has 0 bridgehead atoms. The van der Waals surface area contributed by atoms with E-state index in [0.717, 1.165) is 6.42 Å². The van der Waals surface area contributed by atoms with Gasteiger partial charge in [0.25, 0.3) is 0 Å². The molecule has 0 saturated heterocycles. The first kappa shape index (κ1) is 14.8. The largest absolute Gasteiger partial charge is 0.0653 e. The van der Waals surface area contributed by atoms with Crippen LogP contribution >= 0.6 is 0 Å². The van der Waals surface area contributed by atoms with E-state index < -0.39 is 0 Å². The average Bonchev–Trinajstić information content (AvgIpc) is 2.48. The molecule has 2 aromatic carbocycles. The van der Waals surface area contributed by atoms with Crippen LogP contribution in [0.2, 0.25) is 0 Å². The minimum absolute atomic E-state index is 0.121. The van der Waals surface area contributed by atoms with Crippen molar-refractivity contribution in [1.29, 1.82) is 0 Å². The molecule has 0 spiro atoms. The van der Waals surface area contributed by atoms with E-state index in [9.17, 15) is 0 Å². The number of hydrogen-bond acceptors (Lipinski definition) is 0. The Bertz CT molecular complexity index is 457. The normalized spacial score (nSPS) is 11.8. The van der Waals surface area contributed by atoms with Crippen molar-refractivity contribution in [1.82, 2.24) is 0 Å². The minimum Gasteiger partial charge on any atom is -0.0653 e. The van der Waals surface area contributed by atoms with Gasteiger partial charge in [0.2, 0.25) is 0 Å². The standard InChI is InChI=1S/C20H25/c1-4-15-20(16-17(2)3,18-11-7-5-8-12-18)19-13-9-6-10-14-19/h5-14H,4,15-16H2,1-3H3. The van der Waals surface area contributed by atoms with Crippen molar-refractivity contribution in [2.75, 3.05) is 0 Å². The van der Waals surface area contributed by atoms with Crippen molar-refractivity contribution in [3.05, 3.63) is 77.7 Å². The summed E-state index contributed by atoms with van der Waals surface area (Å²) in [7, 11) is 0. The number of benzene rings is 2. The molecule has 0 aliphatic heterocycles. The van der Waals surface area contributed by atoms with Crippen LogP contribution in [0.1, 0.15) is 51.2 Å². The monoisotopic (exact) mass is 265 g/mol. The molecular formula is C20H25. The summed E-state index contributed by atoms with van der Waals surface area (Å²) in [4.78, 5) is 0. The first-order chi connectivity index (χ1) is 9.69. The summed E-state index contributed by atoms with van der Waals surface area (Å²) in [6.45, 7) is 6.78. The van der Waals surface area contributed by atoms with E-state index in [0.29, 0.717) is 0 Å². The van der Waals surface area contributed by atoms with Crippen LogP contribution in [0.5, 0.6) is 0 Å². The third-order valence-corrected chi connectivity index (χ3v) is 3.98. The third kappa shape index (κ3) is 3.12. The number of rotatable bonds is 6. The summed E-state index contributed by atoms with van der Waals surface area (Å²) in [6.07, 6.45) is 3.50. The Morgan fingerprint density at radius 1 is 0.800 bits per heavy atom. The molecule has 0 amide bonds. The molecule has 1 radical (unpaired) electrons. The summed E-state index contributed by atoms with van der Waals surface area (Å²) in [5.41, 5.74) is 3.00. The second-order valence-electron chi connectivity index (χ2n) is 5.95. The van der Waals surface area contributed by atoms with E-state index in [1.54, 1.807) is 0 Å². The molecule has 105 valence electrons. The Morgan fingerprint density at radius 3 is 1.60 bits per heavy atom. The summed E-state index contributed by atoms with van der Waals surface area (Å²) in [6, 6.07) is 22.0. The minimum atomic E-state index is 0.121. The highest BCUT2D eigenvalue weighted by Gasteiger charge is 2.33. The maximum absolute atomic E-state index is 2.28. The average molecular weight is 265 g/mol. The van der Waals surface area contributed by atoms with Crippen LogP contribution in [-0.4, -0.2) is 0 Å². The summed E-state index contributed by atoms with van der Waals surface area (Å²) < 4.78 is 0. The van der Waals surface area contributed by atoms with Crippen molar-refractivity contribution < 1.29 is 0 Å². The highest BCUT2D eigenvalue weighted by Crippen LogP contribution is 2.42. The third-order valence-electron chi connectivity index (χ3n) is 3.98. The second kappa shape index (κ2) is 6.74. The Hall–Kier alpha value is -1.56. The molecule has 0 heteroatoms. The fourth-order valence-corrected chi connectivity index (χ4v) is 3.29. The summed E-state index contributed by atoms with van der Waals surface area (Å²) in [5, 5.41) is 0. The van der Waals surface area contributed by atoms with Gasteiger partial charge in [0.05, 0.1) is 0 Å². The van der Waals surface area contributed by atoms with E-state index in [4.69, 9.17) is 0 Å². The lowest BCUT2D eigenvalue weighted by molar-refractivity contribution is 0.440. The molecule has 0 aliphatic carbocycles. The molecule has 0 aliphatic rings. The molecule has 2 aromatic rings. The quantitative estimate of drug-likeness (QED) is 0.621. The molecule has 0 heterocycles. The molecular weight excluding hydrogens is 240 g/mol. The topological polar surface area (TPSA) is 0 Å². The molecule has 20 heavy (non-hydrogen) atoms. The molecule has 2 rings (SSSR count). The van der Waals surface area contributed by atoms with Gasteiger partial charge in [0.1, 0.15) is 0 Å². The Morgan fingerprint density at radius 2 is 1.25 bits per heavy atom. The zero-order valence-electron chi connectivity index (χ0n) is 12.9. The predicted octanol–water partition coefficient (Wildman–Crippen LogP) is 5.78. The second-order valence-corrected chi connectivity index (χ2v) is 5.95. The fourth-order valence-electron chi connectivity index (χ4n) is 3.29. The molecule has 0 atom stereocenters. The lowest BCUT2D eigenvalue weighted by atomic mass is 9.67. The van der Waals surface area contributed by atoms with Gasteiger partial charge in [-0.15, -0.1) is 0 Å². The Kier molecular flexibility index (Phi) is 5.00. The van der Waals surface area contributed by atoms with Gasteiger partial charge >= 0.3 is 0 Å². The molecule has 0 nitrogen and oxygen atoms in total. The zero-order chi connectivity index (χ0) is 14.4. The number of hydrogen-bond donors (Lipinski definition) is 0. The zero-order valence-corrected chi connectivity index (χ0v) is 12.9. The van der Waals surface area contributed by atoms with Gasteiger partial charge in [0, 0.05) is 5.41 Å². The fraction of sp³-hybridized carbons (Fsp3) is 0.350. The van der Waals surface area contributed by atoms with Crippen molar-refractivity contribution in [3.8, 4) is 0 Å². The van der Waals surface area contributed by atoms with Gasteiger partial charge in [-0.25, -0.2) is 0 Å². The van der Waals surface area contributed by atoms with Gasteiger partial charge in [-0.05, 0) is 29.9 Å². The smallest absolute Gasteiger partial charge is 0.0208 e. The highest BCUT2D eigenvalue weighted by molar-refractivity contribution is 5.40. The van der Waals surface area contributed by atoms with Gasteiger partial charge in [-0.1, -0.05) is 87.9 Å². The van der Waals surface area contributed by atoms with Crippen LogP contribution in [-0.2, 0) is 5.41 Å². The van der Waals surface area contributed by atoms with Gasteiger partial charge in [0.15, 0.2) is 0 Å². The van der Waals surface area contributed by atoms with Crippen LogP contribution in [0.4, 0.5) is 0 Å². The van der Waals surface area contributed by atoms with Crippen LogP contribution in [0.3, 0.4) is 0 Å². The molecule has 0 unspecified atom stereocenters. The van der Waals surface area contributed by atoms with Crippen molar-refractivity contribution in [2.45, 2.75) is 45.4 Å². The molecule has 0 N–H and O–H groups in total. The van der Waals surface area contributed by atoms with E-state index in [2.05, 4.69) is 81.4 Å². The SMILES string of the molecule is CCCC(C[C](C)C)(c1ccccc1)c1ccccc1. The maximum atomic E-state index is 2.28. The van der Waals surface area contributed by atoms with Crippen molar-refractivity contribution in [2.24, 2.45) is 0 Å². The summed E-state index contributed by atoms with van der Waals surface area (Å²) >= 11 is 0. The first-order valence-electron chi connectivity index (χ1n) is 7.59. The lowest BCUT2D eigenvalue weighted by Gasteiger charge is -2.36. The van der Waals surface area contributed by atoms with Crippen LogP contribution in [0.25, 0.3) is 0 Å². The molecule has 0 aromatic heterocycles. The first-order valence-corrected chi connectivity index (χ1v) is 7.59.